The molecule has 292 valence electrons. The molecule has 0 bridgehead atoms. The molecular weight excluding hydrogens is 622 g/mol. The Hall–Kier alpha value is -2.15. The van der Waals surface area contributed by atoms with Crippen molar-refractivity contribution in [1.82, 2.24) is 15.5 Å². The zero-order chi connectivity index (χ0) is 37.1. The summed E-state index contributed by atoms with van der Waals surface area (Å²) in [5, 5.41) is 6.40. The van der Waals surface area contributed by atoms with E-state index in [2.05, 4.69) is 47.6 Å². The molecule has 0 saturated carbocycles. The minimum Gasteiger partial charge on any atom is -0.461 e. The standard InChI is InChI=1S/C43H81N3O4/c1-7-9-11-13-15-21-27-35-44-42(48)38(3)30-23-17-19-25-32-40(45-41(47)34-29-36-46(5)6)33-26-20-18-24-31-39(4)43(49)50-37-28-22-16-14-12-10-8-2/h21-22,27-28,38-40H,7-20,23-26,29-37H2,1-6H3,(H,44,48)(H,45,47)/b27-21-,28-22-. The summed E-state index contributed by atoms with van der Waals surface area (Å²) in [6.07, 6.45) is 34.6. The molecule has 0 aromatic carbocycles. The summed E-state index contributed by atoms with van der Waals surface area (Å²) in [4.78, 5) is 39.6. The van der Waals surface area contributed by atoms with Crippen molar-refractivity contribution in [2.75, 3.05) is 33.8 Å². The molecule has 0 rings (SSSR count). The lowest BCUT2D eigenvalue weighted by Crippen LogP contribution is -2.35. The Labute approximate surface area is 309 Å². The van der Waals surface area contributed by atoms with Crippen LogP contribution in [0.1, 0.15) is 182 Å². The van der Waals surface area contributed by atoms with Gasteiger partial charge < -0.3 is 20.3 Å². The Morgan fingerprint density at radius 1 is 0.620 bits per heavy atom. The summed E-state index contributed by atoms with van der Waals surface area (Å²) in [5.41, 5.74) is 0. The zero-order valence-corrected chi connectivity index (χ0v) is 33.7. The van der Waals surface area contributed by atoms with Crippen LogP contribution in [0.3, 0.4) is 0 Å². The topological polar surface area (TPSA) is 87.7 Å². The monoisotopic (exact) mass is 704 g/mol. The summed E-state index contributed by atoms with van der Waals surface area (Å²) in [6.45, 7) is 10.4. The maximum atomic E-state index is 12.7. The number of esters is 1. The Morgan fingerprint density at radius 3 is 1.70 bits per heavy atom. The first-order valence-electron chi connectivity index (χ1n) is 20.9. The van der Waals surface area contributed by atoms with E-state index in [1.807, 2.05) is 34.0 Å². The third-order valence-corrected chi connectivity index (χ3v) is 9.60. The van der Waals surface area contributed by atoms with Crippen molar-refractivity contribution in [3.05, 3.63) is 24.3 Å². The number of hydrogen-bond donors (Lipinski definition) is 2. The van der Waals surface area contributed by atoms with Crippen molar-refractivity contribution in [2.45, 2.75) is 188 Å². The lowest BCUT2D eigenvalue weighted by atomic mass is 9.97. The third kappa shape index (κ3) is 31.8. The van der Waals surface area contributed by atoms with E-state index in [4.69, 9.17) is 4.74 Å². The lowest BCUT2D eigenvalue weighted by Gasteiger charge is -2.19. The highest BCUT2D eigenvalue weighted by atomic mass is 16.5. The van der Waals surface area contributed by atoms with Gasteiger partial charge in [0.05, 0.1) is 5.92 Å². The van der Waals surface area contributed by atoms with E-state index < -0.39 is 0 Å². The summed E-state index contributed by atoms with van der Waals surface area (Å²) >= 11 is 0. The van der Waals surface area contributed by atoms with Crippen LogP contribution in [0.25, 0.3) is 0 Å². The van der Waals surface area contributed by atoms with Gasteiger partial charge in [0.25, 0.3) is 0 Å². The summed E-state index contributed by atoms with van der Waals surface area (Å²) in [7, 11) is 4.08. The van der Waals surface area contributed by atoms with Crippen LogP contribution in [0.15, 0.2) is 24.3 Å². The van der Waals surface area contributed by atoms with Crippen LogP contribution >= 0.6 is 0 Å². The molecule has 0 aromatic rings. The molecule has 7 heteroatoms. The van der Waals surface area contributed by atoms with Gasteiger partial charge in [-0.2, -0.15) is 0 Å². The Bertz CT molecular complexity index is 816. The van der Waals surface area contributed by atoms with Crippen molar-refractivity contribution in [1.29, 1.82) is 0 Å². The van der Waals surface area contributed by atoms with Gasteiger partial charge in [0.15, 0.2) is 0 Å². The second-order valence-electron chi connectivity index (χ2n) is 15.0. The minimum absolute atomic E-state index is 0.0443. The van der Waals surface area contributed by atoms with Crippen LogP contribution in [0, 0.1) is 11.8 Å². The zero-order valence-electron chi connectivity index (χ0n) is 33.7. The predicted octanol–water partition coefficient (Wildman–Crippen LogP) is 10.5. The van der Waals surface area contributed by atoms with Gasteiger partial charge in [-0.15, -0.1) is 0 Å². The van der Waals surface area contributed by atoms with Crippen LogP contribution in [0.5, 0.6) is 0 Å². The van der Waals surface area contributed by atoms with E-state index in [9.17, 15) is 14.4 Å². The average molecular weight is 704 g/mol. The highest BCUT2D eigenvalue weighted by Crippen LogP contribution is 2.17. The number of carbonyl (C=O) groups is 3. The predicted molar refractivity (Wildman–Crippen MR) is 213 cm³/mol. The van der Waals surface area contributed by atoms with E-state index in [1.54, 1.807) is 0 Å². The van der Waals surface area contributed by atoms with Crippen molar-refractivity contribution >= 4 is 17.8 Å². The summed E-state index contributed by atoms with van der Waals surface area (Å²) in [6, 6.07) is 0.222. The van der Waals surface area contributed by atoms with Gasteiger partial charge in [-0.3, -0.25) is 14.4 Å². The van der Waals surface area contributed by atoms with Crippen LogP contribution < -0.4 is 10.6 Å². The lowest BCUT2D eigenvalue weighted by molar-refractivity contribution is -0.146. The van der Waals surface area contributed by atoms with Gasteiger partial charge in [0.2, 0.25) is 11.8 Å². The largest absolute Gasteiger partial charge is 0.461 e. The summed E-state index contributed by atoms with van der Waals surface area (Å²) in [5.74, 6) is 0.214. The van der Waals surface area contributed by atoms with Gasteiger partial charge in [-0.25, -0.2) is 0 Å². The molecule has 0 saturated heterocycles. The quantitative estimate of drug-likeness (QED) is 0.0390. The van der Waals surface area contributed by atoms with Crippen LogP contribution in [-0.2, 0) is 19.1 Å². The number of hydrogen-bond acceptors (Lipinski definition) is 5. The number of allylic oxidation sites excluding steroid dienone is 2. The molecule has 50 heavy (non-hydrogen) atoms. The first kappa shape index (κ1) is 47.8. The highest BCUT2D eigenvalue weighted by Gasteiger charge is 2.15. The maximum absolute atomic E-state index is 12.7. The van der Waals surface area contributed by atoms with E-state index in [0.29, 0.717) is 19.6 Å². The fraction of sp³-hybridized carbons (Fsp3) is 0.837. The molecule has 0 spiro atoms. The second-order valence-corrected chi connectivity index (χ2v) is 15.0. The van der Waals surface area contributed by atoms with Gasteiger partial charge >= 0.3 is 5.97 Å². The Balaban J connectivity index is 4.31. The molecule has 0 aromatic heterocycles. The Morgan fingerprint density at radius 2 is 1.14 bits per heavy atom. The first-order valence-corrected chi connectivity index (χ1v) is 20.9. The molecule has 0 radical (unpaired) electrons. The normalized spacial score (nSPS) is 13.6. The number of unbranched alkanes of at least 4 members (excludes halogenated alkanes) is 14. The number of ether oxygens (including phenoxy) is 1. The number of rotatable bonds is 35. The maximum Gasteiger partial charge on any atom is 0.308 e. The molecule has 3 atom stereocenters. The molecule has 0 aliphatic heterocycles. The van der Waals surface area contributed by atoms with E-state index in [1.165, 1.54) is 51.4 Å². The molecule has 3 unspecified atom stereocenters. The van der Waals surface area contributed by atoms with E-state index in [-0.39, 0.29) is 35.7 Å². The fourth-order valence-corrected chi connectivity index (χ4v) is 6.15. The third-order valence-electron chi connectivity index (χ3n) is 9.60. The summed E-state index contributed by atoms with van der Waals surface area (Å²) < 4.78 is 5.45. The van der Waals surface area contributed by atoms with Crippen molar-refractivity contribution in [3.8, 4) is 0 Å². The number of nitrogens with one attached hydrogen (secondary N) is 2. The number of amides is 2. The molecular formula is C43H81N3O4. The minimum atomic E-state index is -0.0911. The average Bonchev–Trinajstić information content (AvgIpc) is 3.09. The SMILES string of the molecule is CCCCCC/C=C\CNC(=O)C(C)CCCCCCC(CCCCCCC(C)C(=O)OC/C=C\CCCCCC)NC(=O)CCCN(C)C. The van der Waals surface area contributed by atoms with Gasteiger partial charge in [0, 0.05) is 24.9 Å². The van der Waals surface area contributed by atoms with Crippen molar-refractivity contribution < 1.29 is 19.1 Å². The Kier molecular flexibility index (Phi) is 33.7. The first-order chi connectivity index (χ1) is 24.2. The second kappa shape index (κ2) is 35.3. The molecule has 7 nitrogen and oxygen atoms in total. The van der Waals surface area contributed by atoms with Gasteiger partial charge in [-0.1, -0.05) is 142 Å². The number of nitrogens with zero attached hydrogens (tertiary/aromatic N) is 1. The van der Waals surface area contributed by atoms with Gasteiger partial charge in [-0.05, 0) is 78.4 Å². The molecule has 2 N–H and O–H groups in total. The molecule has 0 aliphatic carbocycles. The molecule has 2 amide bonds. The van der Waals surface area contributed by atoms with Gasteiger partial charge in [0.1, 0.15) is 6.61 Å². The molecule has 0 heterocycles. The number of carbonyl (C=O) groups excluding carboxylic acids is 3. The fourth-order valence-electron chi connectivity index (χ4n) is 6.15. The van der Waals surface area contributed by atoms with E-state index >= 15 is 0 Å². The smallest absolute Gasteiger partial charge is 0.308 e. The van der Waals surface area contributed by atoms with E-state index in [0.717, 1.165) is 103 Å². The van der Waals surface area contributed by atoms with Crippen LogP contribution in [0.2, 0.25) is 0 Å². The molecule has 0 fully saturated rings. The molecule has 0 aliphatic rings. The van der Waals surface area contributed by atoms with Crippen molar-refractivity contribution in [3.63, 3.8) is 0 Å². The van der Waals surface area contributed by atoms with Crippen LogP contribution in [0.4, 0.5) is 0 Å². The highest BCUT2D eigenvalue weighted by molar-refractivity contribution is 5.78. The van der Waals surface area contributed by atoms with Crippen molar-refractivity contribution in [2.24, 2.45) is 11.8 Å². The van der Waals surface area contributed by atoms with Crippen LogP contribution in [-0.4, -0.2) is 62.5 Å².